The van der Waals surface area contributed by atoms with E-state index in [1.54, 1.807) is 27.7 Å². The monoisotopic (exact) mass is 779 g/mol. The van der Waals surface area contributed by atoms with Gasteiger partial charge in [-0.25, -0.2) is 4.57 Å². The Hall–Kier alpha value is -4.54. The molecule has 7 amide bonds. The van der Waals surface area contributed by atoms with Crippen molar-refractivity contribution in [2.24, 2.45) is 17.6 Å². The van der Waals surface area contributed by atoms with E-state index in [1.165, 1.54) is 29.2 Å². The van der Waals surface area contributed by atoms with Gasteiger partial charge in [0.1, 0.15) is 36.0 Å². The van der Waals surface area contributed by atoms with E-state index in [9.17, 15) is 38.1 Å². The van der Waals surface area contributed by atoms with Gasteiger partial charge in [0, 0.05) is 25.9 Å². The molecule has 3 rings (SSSR count). The van der Waals surface area contributed by atoms with Gasteiger partial charge in [0.25, 0.3) is 0 Å². The number of amides is 7. The normalized spacial score (nSPS) is 24.9. The molecule has 19 heteroatoms. The number of hydrogen-bond acceptors (Lipinski definition) is 9. The van der Waals surface area contributed by atoms with E-state index < -0.39 is 91.7 Å². The Balaban J connectivity index is 1.92. The Bertz CT molecular complexity index is 1570. The molecule has 0 saturated carbocycles. The number of nitrogens with two attached hydrogens (primary N) is 1. The second kappa shape index (κ2) is 20.2. The van der Waals surface area contributed by atoms with Crippen LogP contribution in [0.1, 0.15) is 84.6 Å². The smallest absolute Gasteiger partial charge is 0.404 e. The first kappa shape index (κ1) is 43.9. The fraction of sp³-hybridized carbons (Fsp3) is 0.629. The van der Waals surface area contributed by atoms with Crippen LogP contribution in [-0.4, -0.2) is 99.3 Å². The van der Waals surface area contributed by atoms with Crippen molar-refractivity contribution in [3.8, 4) is 5.75 Å². The van der Waals surface area contributed by atoms with Crippen LogP contribution in [0.25, 0.3) is 0 Å². The first-order valence-electron chi connectivity index (χ1n) is 18.3. The predicted octanol–water partition coefficient (Wildman–Crippen LogP) is -0.101. The minimum Gasteiger partial charge on any atom is -0.404 e. The van der Waals surface area contributed by atoms with Gasteiger partial charge in [-0.1, -0.05) is 52.7 Å². The maximum absolute atomic E-state index is 13.8. The van der Waals surface area contributed by atoms with Crippen LogP contribution in [0.15, 0.2) is 24.3 Å². The molecule has 0 spiro atoms. The van der Waals surface area contributed by atoms with E-state index in [2.05, 4.69) is 31.1 Å². The van der Waals surface area contributed by atoms with Crippen LogP contribution in [0, 0.1) is 11.8 Å². The van der Waals surface area contributed by atoms with Gasteiger partial charge in [0.05, 0.1) is 6.42 Å². The highest BCUT2D eigenvalue weighted by atomic mass is 31.2. The number of primary amides is 1. The van der Waals surface area contributed by atoms with Crippen molar-refractivity contribution in [1.82, 2.24) is 31.5 Å². The highest BCUT2D eigenvalue weighted by molar-refractivity contribution is 7.46. The largest absolute Gasteiger partial charge is 0.524 e. The Morgan fingerprint density at radius 3 is 2.04 bits per heavy atom. The molecule has 0 radical (unpaired) electrons. The molecule has 9 N–H and O–H groups in total. The standard InChI is InChI=1S/C35H54N7O11P/c1-20(2)29-34(48)39-25(19-27(36)43)32(46)41-30(21(3)4)35(49)42-17-9-10-26(42)33(47)37-16-8-6-5-7-11-28(44)38-24(31(45)40-29)18-22-12-14-23(15-13-22)53-54(50,51)52/h12-15,20-21,24-26,29-30H,5-11,16-19H2,1-4H3,(H2,36,43)(H,37,47)(H,38,44)(H,39,48)(H,40,45)(H,41,46)(H2,50,51,52)/t24?,25?,26-,29?,30-/m0/s1. The van der Waals surface area contributed by atoms with Crippen LogP contribution >= 0.6 is 7.82 Å². The first-order valence-corrected chi connectivity index (χ1v) is 19.8. The number of carbonyl (C=O) groups excluding carboxylic acids is 7. The molecule has 0 bridgehead atoms. The maximum atomic E-state index is 13.8. The summed E-state index contributed by atoms with van der Waals surface area (Å²) in [4.78, 5) is 113. The van der Waals surface area contributed by atoms with Gasteiger partial charge in [-0.2, -0.15) is 0 Å². The lowest BCUT2D eigenvalue weighted by atomic mass is 9.99. The zero-order valence-electron chi connectivity index (χ0n) is 31.2. The van der Waals surface area contributed by atoms with E-state index in [4.69, 9.17) is 15.5 Å². The molecule has 2 heterocycles. The Morgan fingerprint density at radius 2 is 1.43 bits per heavy atom. The molecule has 0 aromatic heterocycles. The van der Waals surface area contributed by atoms with Crippen LogP contribution in [-0.2, 0) is 44.5 Å². The summed E-state index contributed by atoms with van der Waals surface area (Å²) in [5, 5.41) is 13.4. The topological polar surface area (TPSA) is 276 Å². The van der Waals surface area contributed by atoms with Gasteiger partial charge >= 0.3 is 7.82 Å². The predicted molar refractivity (Wildman–Crippen MR) is 195 cm³/mol. The molecule has 5 atom stereocenters. The van der Waals surface area contributed by atoms with Crippen molar-refractivity contribution in [3.63, 3.8) is 0 Å². The molecule has 2 fully saturated rings. The molecule has 2 aliphatic heterocycles. The SMILES string of the molecule is CC(C)C1NC(=O)C(Cc2ccc(OP(=O)(O)O)cc2)NC(=O)CCCCCCNC(=O)[C@@H]2CCCN2C(=O)[C@H](C(C)C)NC(=O)C(CC(N)=O)NC1=O. The van der Waals surface area contributed by atoms with E-state index in [0.717, 1.165) is 0 Å². The molecule has 3 unspecified atom stereocenters. The zero-order valence-corrected chi connectivity index (χ0v) is 32.1. The summed E-state index contributed by atoms with van der Waals surface area (Å²) in [6.45, 7) is 7.39. The van der Waals surface area contributed by atoms with Crippen molar-refractivity contribution < 1.29 is 52.4 Å². The second-order valence-corrected chi connectivity index (χ2v) is 15.6. The number of hydrogen-bond donors (Lipinski definition) is 8. The summed E-state index contributed by atoms with van der Waals surface area (Å²) >= 11 is 0. The number of nitrogens with one attached hydrogen (secondary N) is 5. The summed E-state index contributed by atoms with van der Waals surface area (Å²) in [6.07, 6.45) is 2.91. The fourth-order valence-electron chi connectivity index (χ4n) is 6.34. The van der Waals surface area contributed by atoms with Crippen LogP contribution in [0.2, 0.25) is 0 Å². The second-order valence-electron chi connectivity index (χ2n) is 14.4. The van der Waals surface area contributed by atoms with E-state index >= 15 is 0 Å². The lowest BCUT2D eigenvalue weighted by Gasteiger charge is -2.32. The average molecular weight is 780 g/mol. The summed E-state index contributed by atoms with van der Waals surface area (Å²) in [5.74, 6) is -5.66. The van der Waals surface area contributed by atoms with Gasteiger partial charge in [0.2, 0.25) is 41.4 Å². The number of fused-ring (bicyclic) bond motifs is 1. The Labute approximate surface area is 314 Å². The molecular weight excluding hydrogens is 725 g/mol. The molecule has 1 aromatic carbocycles. The van der Waals surface area contributed by atoms with Crippen LogP contribution < -0.4 is 36.8 Å². The number of carbonyl (C=O) groups is 7. The Morgan fingerprint density at radius 1 is 0.815 bits per heavy atom. The van der Waals surface area contributed by atoms with Crippen molar-refractivity contribution >= 4 is 49.2 Å². The minimum absolute atomic E-state index is 0.0742. The minimum atomic E-state index is -4.81. The molecule has 1 aromatic rings. The van der Waals surface area contributed by atoms with E-state index in [-0.39, 0.29) is 24.5 Å². The molecule has 0 aliphatic carbocycles. The summed E-state index contributed by atoms with van der Waals surface area (Å²) in [6, 6.07) is -0.280. The van der Waals surface area contributed by atoms with Crippen LogP contribution in [0.4, 0.5) is 0 Å². The van der Waals surface area contributed by atoms with Gasteiger partial charge in [-0.15, -0.1) is 0 Å². The van der Waals surface area contributed by atoms with Gasteiger partial charge in [-0.05, 0) is 55.2 Å². The maximum Gasteiger partial charge on any atom is 0.524 e. The summed E-state index contributed by atoms with van der Waals surface area (Å²) < 4.78 is 15.8. The number of nitrogens with zero attached hydrogens (tertiary/aromatic N) is 1. The van der Waals surface area contributed by atoms with Crippen LogP contribution in [0.5, 0.6) is 5.75 Å². The van der Waals surface area contributed by atoms with Gasteiger partial charge in [-0.3, -0.25) is 43.3 Å². The van der Waals surface area contributed by atoms with Crippen molar-refractivity contribution in [3.05, 3.63) is 29.8 Å². The number of phosphoric ester groups is 1. The third-order valence-corrected chi connectivity index (χ3v) is 9.67. The Kier molecular flexibility index (Phi) is 16.4. The summed E-state index contributed by atoms with van der Waals surface area (Å²) in [7, 11) is -4.81. The first-order chi connectivity index (χ1) is 25.4. The van der Waals surface area contributed by atoms with Crippen LogP contribution in [0.3, 0.4) is 0 Å². The van der Waals surface area contributed by atoms with Crippen molar-refractivity contribution in [2.75, 3.05) is 13.1 Å². The lowest BCUT2D eigenvalue weighted by Crippen LogP contribution is -2.61. The van der Waals surface area contributed by atoms with Crippen molar-refractivity contribution in [2.45, 2.75) is 116 Å². The third-order valence-electron chi connectivity index (χ3n) is 9.22. The highest BCUT2D eigenvalue weighted by Crippen LogP contribution is 2.37. The molecule has 2 saturated heterocycles. The molecular formula is C35H54N7O11P. The van der Waals surface area contributed by atoms with E-state index in [0.29, 0.717) is 57.2 Å². The highest BCUT2D eigenvalue weighted by Gasteiger charge is 2.40. The third kappa shape index (κ3) is 13.7. The van der Waals surface area contributed by atoms with E-state index in [1.807, 2.05) is 0 Å². The zero-order chi connectivity index (χ0) is 40.2. The summed E-state index contributed by atoms with van der Waals surface area (Å²) in [5.41, 5.74) is 5.94. The van der Waals surface area contributed by atoms with Gasteiger partial charge < -0.3 is 41.7 Å². The lowest BCUT2D eigenvalue weighted by molar-refractivity contribution is -0.143. The molecule has 2 aliphatic rings. The quantitative estimate of drug-likeness (QED) is 0.161. The van der Waals surface area contributed by atoms with Crippen molar-refractivity contribution in [1.29, 1.82) is 0 Å². The molecule has 54 heavy (non-hydrogen) atoms. The molecule has 300 valence electrons. The number of benzene rings is 1. The average Bonchev–Trinajstić information content (AvgIpc) is 3.57. The fourth-order valence-corrected chi connectivity index (χ4v) is 6.73. The number of rotatable bonds is 8. The number of phosphoric acid groups is 1. The molecule has 18 nitrogen and oxygen atoms in total. The van der Waals surface area contributed by atoms with Gasteiger partial charge in [0.15, 0.2) is 0 Å².